The predicted octanol–water partition coefficient (Wildman–Crippen LogP) is 6.80. The molecule has 3 nitrogen and oxygen atoms in total. The number of rotatable bonds is 9. The molecule has 5 rings (SSSR count). The molecule has 32 heavy (non-hydrogen) atoms. The first kappa shape index (κ1) is 21.8. The van der Waals surface area contributed by atoms with Gasteiger partial charge in [-0.2, -0.15) is 0 Å². The van der Waals surface area contributed by atoms with Crippen LogP contribution in [0.1, 0.15) is 81.8 Å². The first-order chi connectivity index (χ1) is 15.5. The number of allylic oxidation sites excluding steroid dienone is 1. The Kier molecular flexibility index (Phi) is 6.16. The van der Waals surface area contributed by atoms with Gasteiger partial charge in [-0.15, -0.1) is 0 Å². The molecule has 0 aliphatic heterocycles. The van der Waals surface area contributed by atoms with Gasteiger partial charge >= 0.3 is 0 Å². The van der Waals surface area contributed by atoms with Crippen molar-refractivity contribution in [3.05, 3.63) is 65.9 Å². The van der Waals surface area contributed by atoms with Crippen LogP contribution in [0, 0.1) is 0 Å². The van der Waals surface area contributed by atoms with E-state index in [4.69, 9.17) is 4.74 Å². The fraction of sp³-hybridized carbons (Fsp3) is 0.500. The van der Waals surface area contributed by atoms with E-state index in [1.807, 2.05) is 0 Å². The summed E-state index contributed by atoms with van der Waals surface area (Å²) in [7, 11) is -1.06. The molecule has 4 heteroatoms. The summed E-state index contributed by atoms with van der Waals surface area (Å²) in [5.74, 6) is 1.66. The zero-order valence-electron chi connectivity index (χ0n) is 19.2. The van der Waals surface area contributed by atoms with E-state index in [9.17, 15) is 4.21 Å². The third-order valence-corrected chi connectivity index (χ3v) is 9.27. The molecule has 3 aliphatic rings. The third kappa shape index (κ3) is 4.66. The van der Waals surface area contributed by atoms with Gasteiger partial charge in [-0.05, 0) is 93.0 Å². The summed E-state index contributed by atoms with van der Waals surface area (Å²) in [6, 6.07) is 15.4. The first-order valence-electron chi connectivity index (χ1n) is 12.3. The summed E-state index contributed by atoms with van der Waals surface area (Å²) in [6.45, 7) is 6.25. The largest absolute Gasteiger partial charge is 0.490 e. The van der Waals surface area contributed by atoms with Crippen molar-refractivity contribution < 1.29 is 8.95 Å². The molecule has 3 aliphatic carbocycles. The highest BCUT2D eigenvalue weighted by atomic mass is 32.2. The van der Waals surface area contributed by atoms with E-state index >= 15 is 0 Å². The maximum Gasteiger partial charge on any atom is 0.127 e. The van der Waals surface area contributed by atoms with Crippen LogP contribution in [0.3, 0.4) is 0 Å². The van der Waals surface area contributed by atoms with E-state index in [0.717, 1.165) is 37.1 Å². The van der Waals surface area contributed by atoms with Crippen LogP contribution in [0.2, 0.25) is 0 Å². The molecule has 2 aromatic carbocycles. The predicted molar refractivity (Wildman–Crippen MR) is 133 cm³/mol. The second kappa shape index (κ2) is 9.05. The highest BCUT2D eigenvalue weighted by Crippen LogP contribution is 2.44. The topological polar surface area (TPSA) is 38.3 Å². The lowest BCUT2D eigenvalue weighted by Crippen LogP contribution is -2.27. The van der Waals surface area contributed by atoms with Crippen molar-refractivity contribution in [3.63, 3.8) is 0 Å². The second-order valence-electron chi connectivity index (χ2n) is 10.2. The number of ether oxygens (including phenoxy) is 1. The summed E-state index contributed by atoms with van der Waals surface area (Å²) in [4.78, 5) is 0. The molecule has 0 amide bonds. The molecule has 0 radical (unpaired) electrons. The molecule has 170 valence electrons. The van der Waals surface area contributed by atoms with Gasteiger partial charge in [0.1, 0.15) is 16.7 Å². The molecular formula is C28H35NO2S. The Labute approximate surface area is 195 Å². The van der Waals surface area contributed by atoms with Crippen LogP contribution in [-0.2, 0) is 17.4 Å². The molecule has 3 fully saturated rings. The highest BCUT2D eigenvalue weighted by Gasteiger charge is 2.44. The monoisotopic (exact) mass is 449 g/mol. The lowest BCUT2D eigenvalue weighted by molar-refractivity contribution is 0.211. The SMILES string of the molecule is C=C(Cc1ccc(OC2CCCC2)c(-c2ccccc2C2CCC2)c1)NS(=O)C1(C)CC1. The summed E-state index contributed by atoms with van der Waals surface area (Å²) in [6.07, 6.45) is 11.8. The maximum atomic E-state index is 12.5. The van der Waals surface area contributed by atoms with Crippen molar-refractivity contribution in [1.82, 2.24) is 4.72 Å². The van der Waals surface area contributed by atoms with E-state index < -0.39 is 11.0 Å². The van der Waals surface area contributed by atoms with Gasteiger partial charge in [-0.25, -0.2) is 4.21 Å². The van der Waals surface area contributed by atoms with Gasteiger partial charge in [0.05, 0.1) is 10.9 Å². The van der Waals surface area contributed by atoms with Gasteiger partial charge in [0.2, 0.25) is 0 Å². The fourth-order valence-corrected chi connectivity index (χ4v) is 5.96. The van der Waals surface area contributed by atoms with E-state index in [-0.39, 0.29) is 4.75 Å². The Morgan fingerprint density at radius 2 is 1.81 bits per heavy atom. The number of hydrogen-bond donors (Lipinski definition) is 1. The molecule has 0 aromatic heterocycles. The quantitative estimate of drug-likeness (QED) is 0.457. The zero-order chi connectivity index (χ0) is 22.1. The molecule has 1 unspecified atom stereocenters. The van der Waals surface area contributed by atoms with Crippen molar-refractivity contribution in [2.45, 2.75) is 87.9 Å². The van der Waals surface area contributed by atoms with Crippen LogP contribution in [0.25, 0.3) is 11.1 Å². The van der Waals surface area contributed by atoms with Gasteiger partial charge in [0.25, 0.3) is 0 Å². The van der Waals surface area contributed by atoms with Gasteiger partial charge in [0, 0.05) is 17.7 Å². The van der Waals surface area contributed by atoms with Crippen molar-refractivity contribution in [1.29, 1.82) is 0 Å². The minimum absolute atomic E-state index is 0.0746. The molecule has 0 heterocycles. The van der Waals surface area contributed by atoms with Gasteiger partial charge < -0.3 is 9.46 Å². The summed E-state index contributed by atoms with van der Waals surface area (Å²) >= 11 is 0. The van der Waals surface area contributed by atoms with Gasteiger partial charge in [0.15, 0.2) is 0 Å². The van der Waals surface area contributed by atoms with Gasteiger partial charge in [-0.1, -0.05) is 43.3 Å². The lowest BCUT2D eigenvalue weighted by Gasteiger charge is -2.29. The summed E-state index contributed by atoms with van der Waals surface area (Å²) in [5, 5.41) is 0. The molecule has 3 saturated carbocycles. The van der Waals surface area contributed by atoms with Crippen LogP contribution in [-0.4, -0.2) is 15.1 Å². The lowest BCUT2D eigenvalue weighted by atomic mass is 9.77. The minimum atomic E-state index is -1.06. The Hall–Kier alpha value is -2.07. The Morgan fingerprint density at radius 1 is 1.06 bits per heavy atom. The number of benzene rings is 2. The standard InChI is InChI=1S/C28H35NO2S/c1-20(29-32(30)28(2)16-17-28)18-21-14-15-27(31-23-10-3-4-11-23)26(19-21)25-13-6-5-12-24(25)22-8-7-9-22/h5-6,12-15,19,22-23,29H,1,3-4,7-11,16-18H2,2H3. The molecule has 0 spiro atoms. The molecule has 0 saturated heterocycles. The highest BCUT2D eigenvalue weighted by molar-refractivity contribution is 7.84. The molecule has 2 aromatic rings. The van der Waals surface area contributed by atoms with E-state index in [2.05, 4.69) is 60.7 Å². The Bertz CT molecular complexity index is 1020. The first-order valence-corrected chi connectivity index (χ1v) is 13.4. The van der Waals surface area contributed by atoms with Gasteiger partial charge in [-0.3, -0.25) is 0 Å². The summed E-state index contributed by atoms with van der Waals surface area (Å²) in [5.41, 5.74) is 5.95. The van der Waals surface area contributed by atoms with Crippen molar-refractivity contribution in [2.75, 3.05) is 0 Å². The maximum absolute atomic E-state index is 12.5. The summed E-state index contributed by atoms with van der Waals surface area (Å²) < 4.78 is 22.2. The zero-order valence-corrected chi connectivity index (χ0v) is 20.0. The van der Waals surface area contributed by atoms with E-state index in [1.165, 1.54) is 54.4 Å². The van der Waals surface area contributed by atoms with Crippen LogP contribution in [0.15, 0.2) is 54.7 Å². The number of hydrogen-bond acceptors (Lipinski definition) is 2. The van der Waals surface area contributed by atoms with Crippen LogP contribution in [0.5, 0.6) is 5.75 Å². The average Bonchev–Trinajstić information content (AvgIpc) is 3.29. The molecular weight excluding hydrogens is 414 g/mol. The van der Waals surface area contributed by atoms with Crippen LogP contribution in [0.4, 0.5) is 0 Å². The van der Waals surface area contributed by atoms with Crippen molar-refractivity contribution in [2.24, 2.45) is 0 Å². The van der Waals surface area contributed by atoms with Crippen molar-refractivity contribution in [3.8, 4) is 16.9 Å². The smallest absolute Gasteiger partial charge is 0.127 e. The molecule has 1 atom stereocenters. The van der Waals surface area contributed by atoms with Crippen LogP contribution >= 0.6 is 0 Å². The van der Waals surface area contributed by atoms with Crippen LogP contribution < -0.4 is 9.46 Å². The number of nitrogens with one attached hydrogen (secondary N) is 1. The Morgan fingerprint density at radius 3 is 2.50 bits per heavy atom. The molecule has 0 bridgehead atoms. The van der Waals surface area contributed by atoms with E-state index in [1.54, 1.807) is 0 Å². The average molecular weight is 450 g/mol. The Balaban J connectivity index is 1.43. The fourth-order valence-electron chi connectivity index (χ4n) is 4.90. The van der Waals surface area contributed by atoms with Crippen molar-refractivity contribution >= 4 is 11.0 Å². The normalized spacial score (nSPS) is 21.0. The molecule has 1 N–H and O–H groups in total. The second-order valence-corrected chi connectivity index (χ2v) is 11.9. The van der Waals surface area contributed by atoms with E-state index in [0.29, 0.717) is 18.4 Å². The third-order valence-electron chi connectivity index (χ3n) is 7.49. The minimum Gasteiger partial charge on any atom is -0.490 e.